The van der Waals surface area contributed by atoms with Crippen LogP contribution in [-0.2, 0) is 15.7 Å². The van der Waals surface area contributed by atoms with E-state index in [2.05, 4.69) is 41.4 Å². The maximum atomic E-state index is 12.6. The predicted molar refractivity (Wildman–Crippen MR) is 120 cm³/mol. The van der Waals surface area contributed by atoms with E-state index >= 15 is 0 Å². The van der Waals surface area contributed by atoms with Crippen LogP contribution in [0.2, 0.25) is 0 Å². The van der Waals surface area contributed by atoms with Gasteiger partial charge in [0.15, 0.2) is 0 Å². The van der Waals surface area contributed by atoms with Crippen molar-refractivity contribution in [3.05, 3.63) is 39.0 Å². The van der Waals surface area contributed by atoms with Crippen LogP contribution in [0, 0.1) is 0 Å². The lowest BCUT2D eigenvalue weighted by atomic mass is 10.3. The van der Waals surface area contributed by atoms with Crippen molar-refractivity contribution in [2.24, 2.45) is 0 Å². The number of amides is 1. The highest BCUT2D eigenvalue weighted by Crippen LogP contribution is 2.28. The molecule has 0 atom stereocenters. The smallest absolute Gasteiger partial charge is 0.400 e. The highest BCUT2D eigenvalue weighted by Gasteiger charge is 2.32. The second kappa shape index (κ2) is 13.2. The standard InChI is InChI=1S/C18H21BrF3N7O3.CH4O/c19-15-13(11-26-27-16(15)31)23-2-8-32-7-1-14(30)28-3-5-29(6-4-28)17-24-9-12(10-25-17)18(20,21)22;1-2/h9-11H,1-8H2,(H2,23,27,31);2H,1H3. The number of aromatic amines is 1. The van der Waals surface area contributed by atoms with Gasteiger partial charge < -0.3 is 25.0 Å². The number of piperazine rings is 1. The maximum Gasteiger partial charge on any atom is 0.419 e. The average molecular weight is 552 g/mol. The van der Waals surface area contributed by atoms with Crippen molar-refractivity contribution in [2.45, 2.75) is 12.6 Å². The summed E-state index contributed by atoms with van der Waals surface area (Å²) in [7, 11) is 1.00. The summed E-state index contributed by atoms with van der Waals surface area (Å²) in [5.74, 6) is 0.149. The van der Waals surface area contributed by atoms with Crippen LogP contribution in [-0.4, -0.2) is 89.1 Å². The van der Waals surface area contributed by atoms with E-state index in [1.165, 1.54) is 6.20 Å². The summed E-state index contributed by atoms with van der Waals surface area (Å²) < 4.78 is 43.6. The van der Waals surface area contributed by atoms with Crippen LogP contribution in [0.25, 0.3) is 0 Å². The van der Waals surface area contributed by atoms with Gasteiger partial charge >= 0.3 is 6.18 Å². The Bertz CT molecular complexity index is 968. The van der Waals surface area contributed by atoms with E-state index in [9.17, 15) is 22.8 Å². The Morgan fingerprint density at radius 2 is 1.82 bits per heavy atom. The SMILES string of the molecule is CO.O=C(CCOCCNc1cn[nH]c(=O)c1Br)N1CCN(c2ncc(C(F)(F)F)cn2)CC1. The molecule has 3 N–H and O–H groups in total. The number of rotatable bonds is 8. The lowest BCUT2D eigenvalue weighted by Gasteiger charge is -2.34. The summed E-state index contributed by atoms with van der Waals surface area (Å²) >= 11 is 3.16. The van der Waals surface area contributed by atoms with E-state index in [-0.39, 0.29) is 30.4 Å². The molecule has 3 rings (SSSR count). The second-order valence-corrected chi connectivity index (χ2v) is 7.65. The van der Waals surface area contributed by atoms with E-state index in [4.69, 9.17) is 9.84 Å². The minimum absolute atomic E-state index is 0.0625. The van der Waals surface area contributed by atoms with Gasteiger partial charge in [-0.2, -0.15) is 18.3 Å². The molecule has 1 saturated heterocycles. The minimum atomic E-state index is -4.48. The lowest BCUT2D eigenvalue weighted by molar-refractivity contribution is -0.138. The van der Waals surface area contributed by atoms with E-state index in [1.54, 1.807) is 9.80 Å². The van der Waals surface area contributed by atoms with E-state index in [0.717, 1.165) is 19.5 Å². The average Bonchev–Trinajstić information content (AvgIpc) is 2.84. The van der Waals surface area contributed by atoms with Gasteiger partial charge in [-0.05, 0) is 15.9 Å². The zero-order valence-electron chi connectivity index (χ0n) is 18.3. The number of hydrogen-bond acceptors (Lipinski definition) is 9. The quantitative estimate of drug-likeness (QED) is 0.412. The normalized spacial score (nSPS) is 13.8. The molecule has 0 unspecified atom stereocenters. The van der Waals surface area contributed by atoms with Crippen molar-refractivity contribution in [3.8, 4) is 0 Å². The molecule has 0 bridgehead atoms. The summed E-state index contributed by atoms with van der Waals surface area (Å²) in [6, 6.07) is 0. The van der Waals surface area contributed by atoms with Crippen molar-refractivity contribution < 1.29 is 27.8 Å². The molecule has 0 spiro atoms. The largest absolute Gasteiger partial charge is 0.419 e. The second-order valence-electron chi connectivity index (χ2n) is 6.85. The number of aromatic nitrogens is 4. The third-order valence-electron chi connectivity index (χ3n) is 4.70. The summed E-state index contributed by atoms with van der Waals surface area (Å²) in [6.07, 6.45) is -1.26. The van der Waals surface area contributed by atoms with Crippen molar-refractivity contribution in [2.75, 3.05) is 63.3 Å². The summed E-state index contributed by atoms with van der Waals surface area (Å²) in [4.78, 5) is 34.8. The first-order valence-electron chi connectivity index (χ1n) is 10.2. The first-order valence-corrected chi connectivity index (χ1v) is 11.0. The van der Waals surface area contributed by atoms with Gasteiger partial charge in [0, 0.05) is 52.2 Å². The van der Waals surface area contributed by atoms with Crippen LogP contribution >= 0.6 is 15.9 Å². The fourth-order valence-corrected chi connectivity index (χ4v) is 3.30. The van der Waals surface area contributed by atoms with Crippen molar-refractivity contribution in [1.29, 1.82) is 0 Å². The third kappa shape index (κ3) is 7.92. The first kappa shape index (κ1) is 27.5. The Labute approximate surface area is 201 Å². The van der Waals surface area contributed by atoms with E-state index in [1.807, 2.05) is 0 Å². The topological polar surface area (TPSA) is 137 Å². The summed E-state index contributed by atoms with van der Waals surface area (Å²) in [5, 5.41) is 16.0. The summed E-state index contributed by atoms with van der Waals surface area (Å²) in [5.41, 5.74) is -0.693. The Morgan fingerprint density at radius 1 is 1.18 bits per heavy atom. The fourth-order valence-electron chi connectivity index (χ4n) is 2.97. The van der Waals surface area contributed by atoms with Gasteiger partial charge in [0.05, 0.1) is 37.1 Å². The molecule has 2 aromatic heterocycles. The number of aliphatic hydroxyl groups excluding tert-OH is 1. The number of H-pyrrole nitrogens is 1. The Hall–Kier alpha value is -2.78. The number of alkyl halides is 3. The number of nitrogens with one attached hydrogen (secondary N) is 2. The molecular weight excluding hydrogens is 527 g/mol. The highest BCUT2D eigenvalue weighted by molar-refractivity contribution is 9.10. The number of carbonyl (C=O) groups is 1. The van der Waals surface area contributed by atoms with Gasteiger partial charge in [-0.15, -0.1) is 0 Å². The molecule has 2 aromatic rings. The molecule has 0 aromatic carbocycles. The van der Waals surface area contributed by atoms with Gasteiger partial charge in [0.2, 0.25) is 11.9 Å². The van der Waals surface area contributed by atoms with Crippen LogP contribution in [0.15, 0.2) is 27.9 Å². The van der Waals surface area contributed by atoms with Crippen LogP contribution in [0.5, 0.6) is 0 Å². The molecule has 34 heavy (non-hydrogen) atoms. The zero-order chi connectivity index (χ0) is 25.1. The minimum Gasteiger partial charge on any atom is -0.400 e. The fraction of sp³-hybridized carbons (Fsp3) is 0.526. The predicted octanol–water partition coefficient (Wildman–Crippen LogP) is 1.12. The van der Waals surface area contributed by atoms with E-state index in [0.29, 0.717) is 49.5 Å². The molecule has 3 heterocycles. The lowest BCUT2D eigenvalue weighted by Crippen LogP contribution is -2.49. The van der Waals surface area contributed by atoms with Crippen LogP contribution in [0.3, 0.4) is 0 Å². The summed E-state index contributed by atoms with van der Waals surface area (Å²) in [6.45, 7) is 2.73. The molecule has 15 heteroatoms. The Morgan fingerprint density at radius 3 is 2.44 bits per heavy atom. The van der Waals surface area contributed by atoms with Crippen molar-refractivity contribution in [1.82, 2.24) is 25.1 Å². The van der Waals surface area contributed by atoms with Gasteiger partial charge in [-0.1, -0.05) is 0 Å². The Kier molecular flexibility index (Phi) is 10.7. The monoisotopic (exact) mass is 551 g/mol. The van der Waals surface area contributed by atoms with Crippen molar-refractivity contribution >= 4 is 33.5 Å². The number of anilines is 2. The third-order valence-corrected chi connectivity index (χ3v) is 5.49. The van der Waals surface area contributed by atoms with E-state index < -0.39 is 11.7 Å². The molecule has 0 aliphatic carbocycles. The maximum absolute atomic E-state index is 12.6. The molecular formula is C19H25BrF3N7O4. The first-order chi connectivity index (χ1) is 16.3. The number of carbonyl (C=O) groups excluding carboxylic acids is 1. The number of nitrogens with zero attached hydrogens (tertiary/aromatic N) is 5. The molecule has 1 aliphatic heterocycles. The van der Waals surface area contributed by atoms with Crippen LogP contribution in [0.1, 0.15) is 12.0 Å². The zero-order valence-corrected chi connectivity index (χ0v) is 19.9. The molecule has 11 nitrogen and oxygen atoms in total. The molecule has 1 fully saturated rings. The van der Waals surface area contributed by atoms with Crippen LogP contribution in [0.4, 0.5) is 24.8 Å². The van der Waals surface area contributed by atoms with Crippen LogP contribution < -0.4 is 15.8 Å². The number of ether oxygens (including phenoxy) is 1. The molecule has 1 aliphatic rings. The molecule has 0 radical (unpaired) electrons. The number of hydrogen-bond donors (Lipinski definition) is 3. The molecule has 1 amide bonds. The molecule has 188 valence electrons. The highest BCUT2D eigenvalue weighted by atomic mass is 79.9. The van der Waals surface area contributed by atoms with Gasteiger partial charge in [-0.25, -0.2) is 15.1 Å². The molecule has 0 saturated carbocycles. The van der Waals surface area contributed by atoms with Gasteiger partial charge in [0.25, 0.3) is 5.56 Å². The van der Waals surface area contributed by atoms with Gasteiger partial charge in [-0.3, -0.25) is 9.59 Å². The number of aliphatic hydroxyl groups is 1. The number of halogens is 4. The van der Waals surface area contributed by atoms with Gasteiger partial charge in [0.1, 0.15) is 4.47 Å². The Balaban J connectivity index is 0.00000199. The van der Waals surface area contributed by atoms with Crippen molar-refractivity contribution in [3.63, 3.8) is 0 Å².